The van der Waals surface area contributed by atoms with Crippen LogP contribution in [0.25, 0.3) is 11.2 Å². The average molecular weight is 571 g/mol. The van der Waals surface area contributed by atoms with Crippen LogP contribution in [0.3, 0.4) is 0 Å². The molecule has 19 nitrogen and oxygen atoms in total. The predicted octanol–water partition coefficient (Wildman–Crippen LogP) is -0.723. The zero-order valence-corrected chi connectivity index (χ0v) is 19.2. The topological polar surface area (TPSA) is 277 Å². The highest BCUT2D eigenvalue weighted by Crippen LogP contribution is 2.66. The minimum absolute atomic E-state index is 0.191. The number of anilines is 1. The second-order valence-corrected chi connectivity index (χ2v) is 11.4. The third kappa shape index (κ3) is 5.09. The second-order valence-electron chi connectivity index (χ2n) is 6.98. The first-order valence-corrected chi connectivity index (χ1v) is 13.3. The maximum absolute atomic E-state index is 14.1. The van der Waals surface area contributed by atoms with E-state index in [-0.39, 0.29) is 17.1 Å². The van der Waals surface area contributed by atoms with Crippen molar-refractivity contribution in [3.63, 3.8) is 0 Å². The Kier molecular flexibility index (Phi) is 6.56. The highest BCUT2D eigenvalue weighted by Gasteiger charge is 2.69. The Bertz CT molecular complexity index is 1350. The molecule has 2 aromatic heterocycles. The molecule has 0 aromatic carbocycles. The Morgan fingerprint density at radius 1 is 1.20 bits per heavy atom. The Hall–Kier alpha value is -1.70. The van der Waals surface area contributed by atoms with Crippen LogP contribution in [-0.2, 0) is 41.4 Å². The van der Waals surface area contributed by atoms with E-state index in [2.05, 4.69) is 33.0 Å². The number of H-pyrrole nitrogens is 1. The summed E-state index contributed by atoms with van der Waals surface area (Å²) in [6.45, 7) is -1.53. The van der Waals surface area contributed by atoms with Gasteiger partial charge in [0, 0.05) is 0 Å². The summed E-state index contributed by atoms with van der Waals surface area (Å²) in [4.78, 5) is 67.2. The number of rotatable bonds is 9. The minimum Gasteiger partial charge on any atom is -0.369 e. The van der Waals surface area contributed by atoms with Gasteiger partial charge in [-0.25, -0.2) is 37.2 Å². The summed E-state index contributed by atoms with van der Waals surface area (Å²) in [5.41, 5.74) is 1.46. The molecule has 2 saturated heterocycles. The number of ether oxygens (including phenoxy) is 1. The van der Waals surface area contributed by atoms with Gasteiger partial charge in [-0.05, 0) is 0 Å². The molecule has 7 N–H and O–H groups in total. The minimum atomic E-state index is -5.90. The zero-order valence-electron chi connectivity index (χ0n) is 16.5. The fraction of sp³-hybridized carbons (Fsp3) is 0.545. The number of aromatic amines is 1. The highest BCUT2D eigenvalue weighted by atomic mass is 31.3. The number of nitrogen functional groups attached to an aromatic ring is 1. The number of imidazole rings is 1. The largest absolute Gasteiger partial charge is 0.490 e. The van der Waals surface area contributed by atoms with E-state index in [1.54, 1.807) is 0 Å². The summed E-state index contributed by atoms with van der Waals surface area (Å²) in [5.74, 6) is -0.336. The number of nitrogens with two attached hydrogens (primary N) is 1. The molecule has 2 aliphatic rings. The van der Waals surface area contributed by atoms with E-state index < -0.39 is 66.1 Å². The van der Waals surface area contributed by atoms with Crippen molar-refractivity contribution in [1.82, 2.24) is 19.5 Å². The first-order chi connectivity index (χ1) is 16.0. The molecule has 0 radical (unpaired) electrons. The van der Waals surface area contributed by atoms with E-state index in [0.717, 1.165) is 10.9 Å². The van der Waals surface area contributed by atoms with Crippen molar-refractivity contribution in [2.24, 2.45) is 0 Å². The van der Waals surface area contributed by atoms with Gasteiger partial charge in [0.05, 0.1) is 12.9 Å². The zero-order chi connectivity index (χ0) is 26.0. The molecule has 24 heteroatoms. The highest BCUT2D eigenvalue weighted by molar-refractivity contribution is 7.66. The van der Waals surface area contributed by atoms with Crippen LogP contribution in [0.15, 0.2) is 11.1 Å². The van der Waals surface area contributed by atoms with Gasteiger partial charge in [-0.2, -0.15) is 13.6 Å². The molecular weight excluding hydrogens is 557 g/mol. The second kappa shape index (κ2) is 8.70. The summed E-state index contributed by atoms with van der Waals surface area (Å²) < 4.78 is 80.2. The number of halogens is 2. The lowest BCUT2D eigenvalue weighted by atomic mass is 9.95. The Labute approximate surface area is 190 Å². The molecule has 2 fully saturated rings. The van der Waals surface area contributed by atoms with Crippen LogP contribution in [0, 0.1) is 0 Å². The van der Waals surface area contributed by atoms with Gasteiger partial charge < -0.3 is 30.0 Å². The molecule has 2 aromatic rings. The number of phosphoric ester groups is 1. The summed E-state index contributed by atoms with van der Waals surface area (Å²) in [6, 6.07) is 0. The van der Waals surface area contributed by atoms with Crippen LogP contribution in [0.2, 0.25) is 0 Å². The van der Waals surface area contributed by atoms with Gasteiger partial charge in [0.1, 0.15) is 0 Å². The van der Waals surface area contributed by atoms with E-state index in [0.29, 0.717) is 0 Å². The predicted molar refractivity (Wildman–Crippen MR) is 101 cm³/mol. The molecule has 6 atom stereocenters. The molecule has 2 aliphatic heterocycles. The van der Waals surface area contributed by atoms with Crippen LogP contribution in [0.1, 0.15) is 6.23 Å². The number of nitrogens with zero attached hydrogens (tertiary/aromatic N) is 3. The molecular formula is C11H14F2N5O14P3. The van der Waals surface area contributed by atoms with E-state index in [4.69, 9.17) is 25.1 Å². The van der Waals surface area contributed by atoms with Gasteiger partial charge in [-0.3, -0.25) is 18.9 Å². The van der Waals surface area contributed by atoms with Crippen molar-refractivity contribution >= 4 is 40.6 Å². The number of phosphoric acid groups is 3. The molecule has 0 amide bonds. The van der Waals surface area contributed by atoms with Gasteiger partial charge in [-0.15, -0.1) is 0 Å². The summed E-state index contributed by atoms with van der Waals surface area (Å²) in [7, 11) is -17.3. The molecule has 4 heterocycles. The average Bonchev–Trinajstić information content (AvgIpc) is 3.14. The molecule has 0 spiro atoms. The Morgan fingerprint density at radius 2 is 1.89 bits per heavy atom. The van der Waals surface area contributed by atoms with E-state index in [1.807, 2.05) is 0 Å². The number of hydrogen-bond acceptors (Lipinski definition) is 13. The number of hydrogen-bond donors (Lipinski definition) is 6. The molecule has 0 aliphatic carbocycles. The van der Waals surface area contributed by atoms with Crippen LogP contribution in [0.5, 0.6) is 0 Å². The van der Waals surface area contributed by atoms with Gasteiger partial charge in [-0.1, -0.05) is 0 Å². The van der Waals surface area contributed by atoms with Gasteiger partial charge >= 0.3 is 23.5 Å². The Balaban J connectivity index is 1.59. The number of aromatic nitrogens is 4. The van der Waals surface area contributed by atoms with Crippen molar-refractivity contribution < 1.29 is 69.7 Å². The molecule has 196 valence electrons. The SMILES string of the molecule is Nc1nc2c(ncn2[C@@H]2O[C@@](COP(=O)(O)OP(=O)(O)OP(=O)(O)O)(C(F)F)[C@H]3OO[C@@H]23)c(=O)[nH]1. The summed E-state index contributed by atoms with van der Waals surface area (Å²) >= 11 is 0. The Morgan fingerprint density at radius 3 is 2.46 bits per heavy atom. The van der Waals surface area contributed by atoms with Crippen molar-refractivity contribution in [3.8, 4) is 0 Å². The molecule has 2 unspecified atom stereocenters. The third-order valence-corrected chi connectivity index (χ3v) is 8.42. The molecule has 0 saturated carbocycles. The van der Waals surface area contributed by atoms with Gasteiger partial charge in [0.15, 0.2) is 35.2 Å². The lowest BCUT2D eigenvalue weighted by Gasteiger charge is -2.37. The van der Waals surface area contributed by atoms with E-state index in [9.17, 15) is 37.1 Å². The fourth-order valence-electron chi connectivity index (χ4n) is 3.28. The first kappa shape index (κ1) is 26.4. The quantitative estimate of drug-likeness (QED) is 0.160. The van der Waals surface area contributed by atoms with E-state index >= 15 is 0 Å². The summed E-state index contributed by atoms with van der Waals surface area (Å²) in [5, 5.41) is 0. The maximum atomic E-state index is 14.1. The fourth-order valence-corrected chi connectivity index (χ4v) is 6.34. The van der Waals surface area contributed by atoms with Crippen molar-refractivity contribution in [3.05, 3.63) is 16.7 Å². The van der Waals surface area contributed by atoms with Gasteiger partial charge in [0.2, 0.25) is 5.95 Å². The van der Waals surface area contributed by atoms with Crippen LogP contribution < -0.4 is 11.3 Å². The normalized spacial score (nSPS) is 30.1. The lowest BCUT2D eigenvalue weighted by Crippen LogP contribution is -2.58. The smallest absolute Gasteiger partial charge is 0.369 e. The van der Waals surface area contributed by atoms with Crippen molar-refractivity contribution in [2.45, 2.75) is 30.5 Å². The van der Waals surface area contributed by atoms with Crippen molar-refractivity contribution in [1.29, 1.82) is 0 Å². The third-order valence-electron chi connectivity index (χ3n) is 4.63. The number of fused-ring (bicyclic) bond motifs is 2. The standard InChI is InChI=1S/C11H14F2N5O14P3/c12-9(13)11(1-27-34(23,24)32-35(25,26)31-33(20,21)22)5-4(29-30-5)8(28-11)18-2-15-3-6(18)16-10(14)17-7(3)19/h2,4-5,8-9H,1H2,(H,23,24)(H,25,26)(H2,20,21,22)(H3,14,16,17,19)/t4-,5+,8-,11-/m1/s1. The maximum Gasteiger partial charge on any atom is 0.490 e. The van der Waals surface area contributed by atoms with Crippen molar-refractivity contribution in [2.75, 3.05) is 12.3 Å². The molecule has 0 bridgehead atoms. The number of nitrogens with one attached hydrogen (secondary N) is 1. The van der Waals surface area contributed by atoms with Gasteiger partial charge in [0.25, 0.3) is 12.0 Å². The molecule has 35 heavy (non-hydrogen) atoms. The summed E-state index contributed by atoms with van der Waals surface area (Å²) in [6.07, 6.45) is -6.98. The van der Waals surface area contributed by atoms with E-state index in [1.165, 1.54) is 0 Å². The first-order valence-electron chi connectivity index (χ1n) is 8.82. The monoisotopic (exact) mass is 571 g/mol. The number of alkyl halides is 2. The van der Waals surface area contributed by atoms with Crippen LogP contribution in [0.4, 0.5) is 14.7 Å². The van der Waals surface area contributed by atoms with Crippen LogP contribution in [-0.4, -0.2) is 69.9 Å². The van der Waals surface area contributed by atoms with Crippen LogP contribution >= 0.6 is 23.5 Å². The lowest BCUT2D eigenvalue weighted by molar-refractivity contribution is -0.472. The molecule has 4 rings (SSSR count).